The van der Waals surface area contributed by atoms with Crippen LogP contribution in [0, 0.1) is 5.92 Å². The van der Waals surface area contributed by atoms with Gasteiger partial charge in [0, 0.05) is 13.1 Å². The minimum absolute atomic E-state index is 0.0548. The van der Waals surface area contributed by atoms with Crippen molar-refractivity contribution in [2.24, 2.45) is 5.92 Å². The molecule has 0 N–H and O–H groups in total. The molecule has 28 heavy (non-hydrogen) atoms. The van der Waals surface area contributed by atoms with Gasteiger partial charge in [0.25, 0.3) is 0 Å². The predicted octanol–water partition coefficient (Wildman–Crippen LogP) is 4.70. The summed E-state index contributed by atoms with van der Waals surface area (Å²) in [5.74, 6) is 0.760. The van der Waals surface area contributed by atoms with Gasteiger partial charge >= 0.3 is 6.09 Å². The van der Waals surface area contributed by atoms with E-state index in [4.69, 9.17) is 4.74 Å². The average Bonchev–Trinajstić information content (AvgIpc) is 3.42. The number of likely N-dealkylation sites (tertiary alicyclic amines) is 1. The van der Waals surface area contributed by atoms with Crippen LogP contribution in [0.1, 0.15) is 51.1 Å². The summed E-state index contributed by atoms with van der Waals surface area (Å²) in [6.45, 7) is 7.08. The SMILES string of the molecule is CC=C1CCN(C(=O)OC2CN3CCC4CC423)C(c2ccccc2)C1=CCC. The number of piperidine rings is 2. The van der Waals surface area contributed by atoms with Gasteiger partial charge in [-0.15, -0.1) is 0 Å². The number of amides is 1. The first kappa shape index (κ1) is 18.0. The maximum Gasteiger partial charge on any atom is 0.410 e. The van der Waals surface area contributed by atoms with Gasteiger partial charge in [-0.2, -0.15) is 0 Å². The first-order valence-corrected chi connectivity index (χ1v) is 10.8. The van der Waals surface area contributed by atoms with E-state index in [-0.39, 0.29) is 23.8 Å². The molecule has 5 rings (SSSR count). The smallest absolute Gasteiger partial charge is 0.410 e. The zero-order valence-electron chi connectivity index (χ0n) is 16.9. The standard InChI is InChI=1S/C24H30N2O2/c1-3-8-20-17(4-2)11-14-26(22(20)18-9-6-5-7-10-18)23(27)28-21-16-25-13-12-19-15-24(19,21)25/h4-10,19,21-22H,3,11-16H2,1-2H3. The van der Waals surface area contributed by atoms with E-state index in [0.717, 1.165) is 30.9 Å². The Kier molecular flexibility index (Phi) is 4.35. The van der Waals surface area contributed by atoms with Crippen LogP contribution in [0.15, 0.2) is 53.6 Å². The lowest BCUT2D eigenvalue weighted by Gasteiger charge is -2.47. The molecule has 0 radical (unpaired) electrons. The fraction of sp³-hybridized carbons (Fsp3) is 0.542. The second kappa shape index (κ2) is 6.77. The Hall–Kier alpha value is -2.07. The molecule has 3 saturated heterocycles. The van der Waals surface area contributed by atoms with Crippen LogP contribution in [0.25, 0.3) is 0 Å². The summed E-state index contributed by atoms with van der Waals surface area (Å²) in [6, 6.07) is 10.4. The number of benzene rings is 1. The zero-order valence-corrected chi connectivity index (χ0v) is 16.9. The third kappa shape index (κ3) is 2.57. The Balaban J connectivity index is 1.42. The molecule has 1 aromatic rings. The van der Waals surface area contributed by atoms with E-state index in [1.807, 2.05) is 11.0 Å². The highest BCUT2D eigenvalue weighted by Gasteiger charge is 2.73. The monoisotopic (exact) mass is 378 g/mol. The van der Waals surface area contributed by atoms with Gasteiger partial charge in [0.2, 0.25) is 0 Å². The van der Waals surface area contributed by atoms with E-state index >= 15 is 0 Å². The van der Waals surface area contributed by atoms with Crippen molar-refractivity contribution in [3.63, 3.8) is 0 Å². The van der Waals surface area contributed by atoms with E-state index < -0.39 is 0 Å². The van der Waals surface area contributed by atoms with E-state index in [1.165, 1.54) is 30.5 Å². The summed E-state index contributed by atoms with van der Waals surface area (Å²) in [7, 11) is 0. The molecular formula is C24H30N2O2. The number of rotatable bonds is 3. The van der Waals surface area contributed by atoms with E-state index in [1.54, 1.807) is 0 Å². The van der Waals surface area contributed by atoms with Gasteiger partial charge in [0.15, 0.2) is 0 Å². The molecule has 1 amide bonds. The van der Waals surface area contributed by atoms with E-state index in [9.17, 15) is 4.79 Å². The molecule has 0 bridgehead atoms. The van der Waals surface area contributed by atoms with Crippen LogP contribution in [-0.4, -0.2) is 47.2 Å². The summed E-state index contributed by atoms with van der Waals surface area (Å²) in [6.07, 6.45) is 8.79. The van der Waals surface area contributed by atoms with Gasteiger partial charge in [-0.1, -0.05) is 49.4 Å². The number of carbonyl (C=O) groups excluding carboxylic acids is 1. The Morgan fingerprint density at radius 3 is 2.79 bits per heavy atom. The largest absolute Gasteiger partial charge is 0.443 e. The molecule has 0 aromatic heterocycles. The minimum Gasteiger partial charge on any atom is -0.443 e. The molecule has 4 heteroatoms. The van der Waals surface area contributed by atoms with Crippen molar-refractivity contribution in [3.05, 3.63) is 59.2 Å². The topological polar surface area (TPSA) is 32.8 Å². The molecule has 4 nitrogen and oxygen atoms in total. The highest BCUT2D eigenvalue weighted by molar-refractivity contribution is 5.71. The molecule has 3 aliphatic heterocycles. The highest BCUT2D eigenvalue weighted by Crippen LogP contribution is 2.63. The molecule has 1 spiro atoms. The van der Waals surface area contributed by atoms with Gasteiger partial charge in [-0.05, 0) is 61.8 Å². The van der Waals surface area contributed by atoms with Crippen molar-refractivity contribution in [1.29, 1.82) is 0 Å². The summed E-state index contributed by atoms with van der Waals surface area (Å²) < 4.78 is 6.13. The number of hydrogen-bond donors (Lipinski definition) is 0. The molecule has 1 aliphatic carbocycles. The summed E-state index contributed by atoms with van der Waals surface area (Å²) in [5.41, 5.74) is 3.99. The molecule has 1 aromatic carbocycles. The molecule has 4 unspecified atom stereocenters. The lowest BCUT2D eigenvalue weighted by Crippen LogP contribution is -2.63. The maximum absolute atomic E-state index is 13.3. The minimum atomic E-state index is -0.136. The van der Waals surface area contributed by atoms with E-state index in [0.29, 0.717) is 6.54 Å². The van der Waals surface area contributed by atoms with Crippen molar-refractivity contribution >= 4 is 6.09 Å². The quantitative estimate of drug-likeness (QED) is 0.764. The Morgan fingerprint density at radius 2 is 2.11 bits per heavy atom. The fourth-order valence-electron chi connectivity index (χ4n) is 5.85. The summed E-state index contributed by atoms with van der Waals surface area (Å²) in [4.78, 5) is 17.8. The fourth-order valence-corrected chi connectivity index (χ4v) is 5.85. The summed E-state index contributed by atoms with van der Waals surface area (Å²) >= 11 is 0. The first-order chi connectivity index (χ1) is 13.7. The van der Waals surface area contributed by atoms with Crippen molar-refractivity contribution in [3.8, 4) is 0 Å². The van der Waals surface area contributed by atoms with Crippen LogP contribution < -0.4 is 0 Å². The molecule has 4 fully saturated rings. The summed E-state index contributed by atoms with van der Waals surface area (Å²) in [5, 5.41) is 0. The van der Waals surface area contributed by atoms with Crippen molar-refractivity contribution in [1.82, 2.24) is 9.80 Å². The van der Waals surface area contributed by atoms with Crippen LogP contribution in [0.5, 0.6) is 0 Å². The third-order valence-corrected chi connectivity index (χ3v) is 7.36. The Labute approximate surface area is 167 Å². The number of nitrogens with zero attached hydrogens (tertiary/aromatic N) is 2. The predicted molar refractivity (Wildman–Crippen MR) is 110 cm³/mol. The molecule has 148 valence electrons. The lowest BCUT2D eigenvalue weighted by atomic mass is 9.85. The first-order valence-electron chi connectivity index (χ1n) is 10.8. The second-order valence-electron chi connectivity index (χ2n) is 8.64. The van der Waals surface area contributed by atoms with Gasteiger partial charge in [-0.3, -0.25) is 9.80 Å². The number of allylic oxidation sites excluding steroid dienone is 2. The zero-order chi connectivity index (χ0) is 19.3. The van der Waals surface area contributed by atoms with Gasteiger partial charge in [0.1, 0.15) is 6.10 Å². The molecule has 1 saturated carbocycles. The van der Waals surface area contributed by atoms with Crippen LogP contribution in [0.2, 0.25) is 0 Å². The van der Waals surface area contributed by atoms with Crippen molar-refractivity contribution < 1.29 is 9.53 Å². The van der Waals surface area contributed by atoms with Gasteiger partial charge < -0.3 is 4.74 Å². The molecule has 4 atom stereocenters. The van der Waals surface area contributed by atoms with Crippen LogP contribution in [0.3, 0.4) is 0 Å². The lowest BCUT2D eigenvalue weighted by molar-refractivity contribution is -0.0826. The average molecular weight is 379 g/mol. The molecular weight excluding hydrogens is 348 g/mol. The van der Waals surface area contributed by atoms with Crippen molar-refractivity contribution in [2.45, 2.75) is 57.2 Å². The number of hydrogen-bond acceptors (Lipinski definition) is 3. The van der Waals surface area contributed by atoms with Crippen LogP contribution in [-0.2, 0) is 4.74 Å². The third-order valence-electron chi connectivity index (χ3n) is 7.36. The van der Waals surface area contributed by atoms with Crippen LogP contribution in [0.4, 0.5) is 4.79 Å². The number of ether oxygens (including phenoxy) is 1. The number of carbonyl (C=O) groups is 1. The van der Waals surface area contributed by atoms with Crippen LogP contribution >= 0.6 is 0 Å². The molecule has 4 aliphatic rings. The van der Waals surface area contributed by atoms with Gasteiger partial charge in [-0.25, -0.2) is 4.79 Å². The molecule has 3 heterocycles. The maximum atomic E-state index is 13.3. The van der Waals surface area contributed by atoms with Crippen molar-refractivity contribution in [2.75, 3.05) is 19.6 Å². The Morgan fingerprint density at radius 1 is 1.29 bits per heavy atom. The second-order valence-corrected chi connectivity index (χ2v) is 8.64. The van der Waals surface area contributed by atoms with E-state index in [2.05, 4.69) is 55.2 Å². The highest BCUT2D eigenvalue weighted by atomic mass is 16.6. The normalized spacial score (nSPS) is 36.8. The Bertz CT molecular complexity index is 830. The van der Waals surface area contributed by atoms with Gasteiger partial charge in [0.05, 0.1) is 11.6 Å².